The Morgan fingerprint density at radius 2 is 2.05 bits per heavy atom. The number of carbonyl (C=O) groups excluding carboxylic acids is 1. The van der Waals surface area contributed by atoms with Crippen molar-refractivity contribution >= 4 is 11.7 Å². The molecule has 1 heterocycles. The van der Waals surface area contributed by atoms with Gasteiger partial charge in [0.05, 0.1) is 0 Å². The monoisotopic (exact) mass is 335 g/mol. The van der Waals surface area contributed by atoms with E-state index >= 15 is 0 Å². The number of rotatable bonds is 2. The van der Waals surface area contributed by atoms with Crippen molar-refractivity contribution in [1.82, 2.24) is 9.80 Å². The average molecular weight is 335 g/mol. The number of nitrogens with zero attached hydrogens (tertiary/aromatic N) is 3. The molecule has 0 atom stereocenters. The Morgan fingerprint density at radius 1 is 1.47 bits per heavy atom. The normalized spacial score (nSPS) is 21.6. The van der Waals surface area contributed by atoms with Crippen LogP contribution in [0, 0.1) is 0 Å². The van der Waals surface area contributed by atoms with Crippen LogP contribution < -0.4 is 0 Å². The van der Waals surface area contributed by atoms with E-state index in [1.165, 1.54) is 4.90 Å². The van der Waals surface area contributed by atoms with Crippen LogP contribution in [0.25, 0.3) is 11.1 Å². The Labute approximate surface area is 139 Å². The van der Waals surface area contributed by atoms with Crippen molar-refractivity contribution in [2.45, 2.75) is 31.7 Å². The van der Waals surface area contributed by atoms with Crippen LogP contribution in [0.3, 0.4) is 0 Å². The van der Waals surface area contributed by atoms with Gasteiger partial charge in [-0.25, -0.2) is 0 Å². The van der Waals surface area contributed by atoms with Crippen molar-refractivity contribution in [3.63, 3.8) is 0 Å². The first-order valence-corrected chi connectivity index (χ1v) is 6.22. The van der Waals surface area contributed by atoms with Gasteiger partial charge in [-0.2, -0.15) is 6.20 Å². The predicted octanol–water partition coefficient (Wildman–Crippen LogP) is 2.12. The Balaban J connectivity index is 0.00000180. The Hall–Kier alpha value is -0.676. The Bertz CT molecular complexity index is 434. The summed E-state index contributed by atoms with van der Waals surface area (Å²) in [6, 6.07) is 0.178. The second kappa shape index (κ2) is 6.66. The van der Waals surface area contributed by atoms with Gasteiger partial charge in [0.2, 0.25) is 5.91 Å². The largest absolute Gasteiger partial charge is 0.704 e. The van der Waals surface area contributed by atoms with E-state index in [-0.39, 0.29) is 50.5 Å². The molecule has 1 saturated carbocycles. The summed E-state index contributed by atoms with van der Waals surface area (Å²) in [5.41, 5.74) is 8.17. The Kier molecular flexibility index (Phi) is 5.74. The second-order valence-electron chi connectivity index (χ2n) is 4.96. The summed E-state index contributed by atoms with van der Waals surface area (Å²) >= 11 is 0. The molecule has 2 aliphatic rings. The third kappa shape index (κ3) is 3.08. The standard InChI is InChI=1S/C13H19N4O.Y/c1-16(2)13(18)11-7-9(8-14)12(15)17(11)10-5-3-4-6-10;/h7-8,10H,3-6H2,1-2H3,(H2-,14,15,18);/q-1;/p-1. The number of hydrogen-bond acceptors (Lipinski definition) is 1. The van der Waals surface area contributed by atoms with Crippen molar-refractivity contribution in [1.29, 1.82) is 0 Å². The molecule has 1 aliphatic carbocycles. The number of carbonyl (C=O) groups is 1. The Morgan fingerprint density at radius 3 is 2.53 bits per heavy atom. The molecule has 1 amide bonds. The molecule has 1 N–H and O–H groups in total. The summed E-state index contributed by atoms with van der Waals surface area (Å²) in [6.07, 6.45) is 6.90. The average Bonchev–Trinajstić information content (AvgIpc) is 2.94. The van der Waals surface area contributed by atoms with Crippen molar-refractivity contribution < 1.29 is 37.5 Å². The zero-order chi connectivity index (χ0) is 13.3. The summed E-state index contributed by atoms with van der Waals surface area (Å²) in [7, 11) is 3.38. The fourth-order valence-corrected chi connectivity index (χ4v) is 2.57. The molecular formula is C13H18N4OY-2. The molecule has 0 bridgehead atoms. The number of likely N-dealkylation sites (N-methyl/N-ethyl adjacent to an activating group) is 1. The molecule has 101 valence electrons. The maximum atomic E-state index is 12.1. The summed E-state index contributed by atoms with van der Waals surface area (Å²) < 4.78 is 0. The van der Waals surface area contributed by atoms with Crippen LogP contribution in [0.1, 0.15) is 25.7 Å². The first-order valence-electron chi connectivity index (χ1n) is 6.22. The first-order chi connectivity index (χ1) is 8.56. The minimum Gasteiger partial charge on any atom is -0.704 e. The van der Waals surface area contributed by atoms with Crippen LogP contribution in [0.5, 0.6) is 0 Å². The molecule has 1 radical (unpaired) electrons. The third-order valence-electron chi connectivity index (χ3n) is 3.51. The quantitative estimate of drug-likeness (QED) is 0.776. The maximum absolute atomic E-state index is 12.1. The first kappa shape index (κ1) is 16.4. The molecule has 0 aromatic rings. The third-order valence-corrected chi connectivity index (χ3v) is 3.51. The van der Waals surface area contributed by atoms with E-state index in [1.807, 2.05) is 0 Å². The fourth-order valence-electron chi connectivity index (χ4n) is 2.57. The SMILES string of the molecule is CN(C)C(=O)C1=C/C(=C/[NH-])C(=[N-])N1C1CCCC1.[Y]. The molecule has 0 spiro atoms. The summed E-state index contributed by atoms with van der Waals surface area (Å²) in [6.45, 7) is 0. The minimum atomic E-state index is -0.134. The predicted molar refractivity (Wildman–Crippen MR) is 71.6 cm³/mol. The van der Waals surface area contributed by atoms with Crippen LogP contribution >= 0.6 is 0 Å². The molecule has 1 aliphatic heterocycles. The van der Waals surface area contributed by atoms with Gasteiger partial charge >= 0.3 is 0 Å². The molecule has 6 heteroatoms. The van der Waals surface area contributed by atoms with Gasteiger partial charge in [0.25, 0.3) is 0 Å². The van der Waals surface area contributed by atoms with E-state index in [4.69, 9.17) is 5.73 Å². The second-order valence-corrected chi connectivity index (χ2v) is 4.96. The van der Waals surface area contributed by atoms with E-state index in [2.05, 4.69) is 0 Å². The van der Waals surface area contributed by atoms with Gasteiger partial charge in [-0.3, -0.25) is 4.79 Å². The summed E-state index contributed by atoms with van der Waals surface area (Å²) in [4.78, 5) is 15.3. The van der Waals surface area contributed by atoms with E-state index in [0.717, 1.165) is 31.9 Å². The topological polar surface area (TPSA) is 69.6 Å². The summed E-state index contributed by atoms with van der Waals surface area (Å²) in [5.74, 6) is -0.0904. The van der Waals surface area contributed by atoms with Gasteiger partial charge in [-0.05, 0) is 17.7 Å². The smallest absolute Gasteiger partial charge is 0.249 e. The van der Waals surface area contributed by atoms with Crippen LogP contribution in [-0.4, -0.2) is 41.7 Å². The van der Waals surface area contributed by atoms with E-state index in [0.29, 0.717) is 11.3 Å². The maximum Gasteiger partial charge on any atom is 0.249 e. The van der Waals surface area contributed by atoms with E-state index < -0.39 is 0 Å². The van der Waals surface area contributed by atoms with Gasteiger partial charge in [0, 0.05) is 52.5 Å². The molecule has 0 unspecified atom stereocenters. The molecule has 0 saturated heterocycles. The number of amides is 1. The summed E-state index contributed by atoms with van der Waals surface area (Å²) in [5, 5.41) is 10.1. The molecule has 1 fully saturated rings. The zero-order valence-corrected chi connectivity index (χ0v) is 14.2. The fraction of sp³-hybridized carbons (Fsp3) is 0.538. The van der Waals surface area contributed by atoms with Gasteiger partial charge in [0.1, 0.15) is 0 Å². The van der Waals surface area contributed by atoms with E-state index in [9.17, 15) is 10.2 Å². The van der Waals surface area contributed by atoms with Crippen molar-refractivity contribution in [2.24, 2.45) is 0 Å². The number of nitrogens with one attached hydrogen (secondary N) is 1. The number of hydrogen-bond donors (Lipinski definition) is 0. The van der Waals surface area contributed by atoms with Crippen LogP contribution in [-0.2, 0) is 37.5 Å². The van der Waals surface area contributed by atoms with Gasteiger partial charge in [0.15, 0.2) is 0 Å². The van der Waals surface area contributed by atoms with Gasteiger partial charge in [-0.15, -0.1) is 0 Å². The number of amidine groups is 1. The van der Waals surface area contributed by atoms with Crippen molar-refractivity contribution in [3.05, 3.63) is 34.7 Å². The van der Waals surface area contributed by atoms with Crippen molar-refractivity contribution in [3.8, 4) is 0 Å². The zero-order valence-electron chi connectivity index (χ0n) is 11.4. The van der Waals surface area contributed by atoms with Gasteiger partial charge in [-0.1, -0.05) is 31.5 Å². The molecule has 19 heavy (non-hydrogen) atoms. The van der Waals surface area contributed by atoms with Crippen molar-refractivity contribution in [2.75, 3.05) is 14.1 Å². The minimum absolute atomic E-state index is 0. The van der Waals surface area contributed by atoms with Gasteiger partial charge < -0.3 is 20.9 Å². The van der Waals surface area contributed by atoms with Crippen LogP contribution in [0.4, 0.5) is 0 Å². The van der Waals surface area contributed by atoms with Crippen LogP contribution in [0.2, 0.25) is 0 Å². The molecular weight excluding hydrogens is 317 g/mol. The molecule has 0 aromatic heterocycles. The van der Waals surface area contributed by atoms with Crippen LogP contribution in [0.15, 0.2) is 23.5 Å². The molecule has 0 aromatic carbocycles. The van der Waals surface area contributed by atoms with E-state index in [1.54, 1.807) is 25.1 Å². The molecule has 2 rings (SSSR count). The molecule has 5 nitrogen and oxygen atoms in total.